The Kier molecular flexibility index (Phi) is 2.67. The molecule has 0 amide bonds. The van der Waals surface area contributed by atoms with Gasteiger partial charge in [0.2, 0.25) is 0 Å². The molecule has 88 valence electrons. The molecule has 2 aromatic rings. The van der Waals surface area contributed by atoms with Gasteiger partial charge in [-0.1, -0.05) is 16.8 Å². The highest BCUT2D eigenvalue weighted by Gasteiger charge is 2.25. The molecule has 2 rings (SSSR count). The number of aromatic nitrogens is 2. The Labute approximate surface area is 97.5 Å². The Morgan fingerprint density at radius 2 is 2.06 bits per heavy atom. The highest BCUT2D eigenvalue weighted by molar-refractivity contribution is 5.83. The van der Waals surface area contributed by atoms with Crippen LogP contribution in [0.25, 0.3) is 5.69 Å². The quantitative estimate of drug-likeness (QED) is 0.801. The van der Waals surface area contributed by atoms with Crippen LogP contribution in [0.5, 0.6) is 0 Å². The molecule has 0 aliphatic rings. The van der Waals surface area contributed by atoms with Crippen molar-refractivity contribution in [1.82, 2.24) is 4.68 Å². The number of aryl methyl sites for hydroxylation is 1. The number of rotatable bonds is 2. The molecule has 0 aliphatic heterocycles. The summed E-state index contributed by atoms with van der Waals surface area (Å²) in [5.41, 5.74) is 1.11. The summed E-state index contributed by atoms with van der Waals surface area (Å²) in [6.45, 7) is 1.74. The Morgan fingerprint density at radius 1 is 1.41 bits per heavy atom. The Morgan fingerprint density at radius 3 is 2.59 bits per heavy atom. The van der Waals surface area contributed by atoms with Crippen molar-refractivity contribution in [2.75, 3.05) is 0 Å². The first kappa shape index (κ1) is 11.3. The number of nitrogens with zero attached hydrogens (tertiary/aromatic N) is 2. The highest BCUT2D eigenvalue weighted by Crippen LogP contribution is 2.14. The van der Waals surface area contributed by atoms with Crippen LogP contribution in [0.1, 0.15) is 16.2 Å². The van der Waals surface area contributed by atoms with Crippen LogP contribution in [-0.2, 0) is 7.05 Å². The molecule has 1 aromatic carbocycles. The third kappa shape index (κ3) is 1.80. The van der Waals surface area contributed by atoms with Crippen LogP contribution in [-0.4, -0.2) is 15.8 Å². The topological polar surface area (TPSA) is 46.1 Å². The maximum Gasteiger partial charge on any atom is 0.403 e. The third-order valence-corrected chi connectivity index (χ3v) is 2.63. The molecule has 4 nitrogen and oxygen atoms in total. The monoisotopic (exact) mass is 235 g/mol. The lowest BCUT2D eigenvalue weighted by atomic mass is 10.3. The Balaban J connectivity index is 2.69. The van der Waals surface area contributed by atoms with E-state index in [4.69, 9.17) is 5.11 Å². The summed E-state index contributed by atoms with van der Waals surface area (Å²) in [5, 5.41) is 8.99. The van der Waals surface area contributed by atoms with Crippen LogP contribution in [0.2, 0.25) is 0 Å². The molecule has 0 radical (unpaired) electrons. The number of carboxylic acid groups (broad SMARTS) is 1. The van der Waals surface area contributed by atoms with Crippen LogP contribution >= 0.6 is 0 Å². The summed E-state index contributed by atoms with van der Waals surface area (Å²) < 4.78 is 16.6. The molecule has 0 atom stereocenters. The summed E-state index contributed by atoms with van der Waals surface area (Å²) in [5.74, 6) is -1.43. The lowest BCUT2D eigenvalue weighted by molar-refractivity contribution is -0.746. The predicted molar refractivity (Wildman–Crippen MR) is 58.6 cm³/mol. The number of benzene rings is 1. The van der Waals surface area contributed by atoms with Gasteiger partial charge in [0.15, 0.2) is 12.9 Å². The van der Waals surface area contributed by atoms with Crippen molar-refractivity contribution in [2.24, 2.45) is 7.05 Å². The van der Waals surface area contributed by atoms with E-state index in [1.54, 1.807) is 32.2 Å². The van der Waals surface area contributed by atoms with Crippen LogP contribution in [0, 0.1) is 12.7 Å². The lowest BCUT2D eigenvalue weighted by Gasteiger charge is -2.03. The number of para-hydroxylation sites is 1. The van der Waals surface area contributed by atoms with Gasteiger partial charge in [-0.25, -0.2) is 9.18 Å². The number of carboxylic acids is 1. The van der Waals surface area contributed by atoms with Gasteiger partial charge in [-0.2, -0.15) is 0 Å². The first-order chi connectivity index (χ1) is 8.02. The molecule has 5 heteroatoms. The van der Waals surface area contributed by atoms with E-state index in [1.165, 1.54) is 21.5 Å². The minimum absolute atomic E-state index is 0.116. The molecule has 1 N–H and O–H groups in total. The second-order valence-corrected chi connectivity index (χ2v) is 3.76. The summed E-state index contributed by atoms with van der Waals surface area (Å²) in [6.07, 6.45) is 0. The molecule has 0 saturated heterocycles. The van der Waals surface area contributed by atoms with Crippen molar-refractivity contribution < 1.29 is 19.0 Å². The van der Waals surface area contributed by atoms with Gasteiger partial charge in [0.05, 0.1) is 5.69 Å². The highest BCUT2D eigenvalue weighted by atomic mass is 19.1. The number of halogens is 1. The van der Waals surface area contributed by atoms with Crippen molar-refractivity contribution in [2.45, 2.75) is 6.92 Å². The summed E-state index contributed by atoms with van der Waals surface area (Å²) in [4.78, 5) is 11.0. The van der Waals surface area contributed by atoms with Crippen molar-refractivity contribution in [3.8, 4) is 5.69 Å². The summed E-state index contributed by atoms with van der Waals surface area (Å²) >= 11 is 0. The van der Waals surface area contributed by atoms with Gasteiger partial charge in [0, 0.05) is 6.07 Å². The summed E-state index contributed by atoms with van der Waals surface area (Å²) in [6, 6.07) is 7.76. The molecule has 1 heterocycles. The molecular weight excluding hydrogens is 223 g/mol. The van der Waals surface area contributed by atoms with E-state index in [2.05, 4.69) is 0 Å². The Hall–Kier alpha value is -2.17. The largest absolute Gasteiger partial charge is 0.473 e. The molecule has 0 unspecified atom stereocenters. The molecular formula is C12H12FN2O2+. The van der Waals surface area contributed by atoms with E-state index in [0.717, 1.165) is 0 Å². The van der Waals surface area contributed by atoms with Gasteiger partial charge < -0.3 is 5.11 Å². The van der Waals surface area contributed by atoms with Crippen molar-refractivity contribution >= 4 is 5.97 Å². The van der Waals surface area contributed by atoms with Gasteiger partial charge in [-0.15, -0.1) is 4.68 Å². The Bertz CT molecular complexity index is 590. The standard InChI is InChI=1S/C12H11FN2O2/c1-8-7-11(12(16)17)14(2)15(8)10-6-4-3-5-9(10)13/h3-7H,1-2H3/p+1. The third-order valence-electron chi connectivity index (χ3n) is 2.63. The number of aromatic carboxylic acids is 1. The van der Waals surface area contributed by atoms with Crippen LogP contribution < -0.4 is 4.68 Å². The van der Waals surface area contributed by atoms with E-state index in [0.29, 0.717) is 11.4 Å². The SMILES string of the molecule is Cc1cc(C(=O)O)[n+](C)n1-c1ccccc1F. The van der Waals surface area contributed by atoms with E-state index in [-0.39, 0.29) is 5.69 Å². The van der Waals surface area contributed by atoms with E-state index in [1.807, 2.05) is 0 Å². The zero-order chi connectivity index (χ0) is 12.6. The second kappa shape index (κ2) is 4.01. The van der Waals surface area contributed by atoms with Crippen molar-refractivity contribution in [1.29, 1.82) is 0 Å². The molecule has 0 saturated carbocycles. The second-order valence-electron chi connectivity index (χ2n) is 3.76. The number of hydrogen-bond acceptors (Lipinski definition) is 1. The van der Waals surface area contributed by atoms with Crippen LogP contribution in [0.3, 0.4) is 0 Å². The predicted octanol–water partition coefficient (Wildman–Crippen LogP) is 1.45. The molecule has 0 bridgehead atoms. The van der Waals surface area contributed by atoms with Crippen molar-refractivity contribution in [3.05, 3.63) is 47.5 Å². The number of hydrogen-bond donors (Lipinski definition) is 1. The zero-order valence-corrected chi connectivity index (χ0v) is 9.51. The van der Waals surface area contributed by atoms with Gasteiger partial charge >= 0.3 is 11.7 Å². The van der Waals surface area contributed by atoms with Gasteiger partial charge in [0.25, 0.3) is 0 Å². The smallest absolute Gasteiger partial charge is 0.403 e. The fourth-order valence-electron chi connectivity index (χ4n) is 1.87. The van der Waals surface area contributed by atoms with Gasteiger partial charge in [-0.3, -0.25) is 0 Å². The van der Waals surface area contributed by atoms with E-state index >= 15 is 0 Å². The van der Waals surface area contributed by atoms with Crippen LogP contribution in [0.15, 0.2) is 30.3 Å². The minimum atomic E-state index is -1.04. The molecule has 17 heavy (non-hydrogen) atoms. The fraction of sp³-hybridized carbons (Fsp3) is 0.167. The molecule has 0 spiro atoms. The van der Waals surface area contributed by atoms with Gasteiger partial charge in [0.1, 0.15) is 5.69 Å². The first-order valence-electron chi connectivity index (χ1n) is 5.09. The van der Waals surface area contributed by atoms with E-state index < -0.39 is 11.8 Å². The number of carbonyl (C=O) groups is 1. The molecule has 1 aromatic heterocycles. The summed E-state index contributed by atoms with van der Waals surface area (Å²) in [7, 11) is 1.59. The van der Waals surface area contributed by atoms with Gasteiger partial charge in [-0.05, 0) is 19.1 Å². The average Bonchev–Trinajstić information content (AvgIpc) is 2.56. The average molecular weight is 235 g/mol. The lowest BCUT2D eigenvalue weighted by Crippen LogP contribution is -2.43. The van der Waals surface area contributed by atoms with Crippen LogP contribution in [0.4, 0.5) is 4.39 Å². The van der Waals surface area contributed by atoms with Crippen molar-refractivity contribution in [3.63, 3.8) is 0 Å². The maximum atomic E-state index is 13.7. The van der Waals surface area contributed by atoms with E-state index in [9.17, 15) is 9.18 Å². The minimum Gasteiger partial charge on any atom is -0.473 e. The molecule has 0 aliphatic carbocycles. The molecule has 0 fully saturated rings. The first-order valence-corrected chi connectivity index (χ1v) is 5.09. The normalized spacial score (nSPS) is 10.5. The maximum absolute atomic E-state index is 13.7. The fourth-order valence-corrected chi connectivity index (χ4v) is 1.87. The zero-order valence-electron chi connectivity index (χ0n) is 9.51.